The van der Waals surface area contributed by atoms with E-state index in [0.29, 0.717) is 61.8 Å². The van der Waals surface area contributed by atoms with Crippen LogP contribution in [-0.4, -0.2) is 82.4 Å². The van der Waals surface area contributed by atoms with Crippen LogP contribution < -0.4 is 0 Å². The number of carbonyl (C=O) groups is 1. The molecule has 3 aliphatic rings. The summed E-state index contributed by atoms with van der Waals surface area (Å²) in [6.07, 6.45) is 5.64. The van der Waals surface area contributed by atoms with Crippen molar-refractivity contribution >= 4 is 5.91 Å². The van der Waals surface area contributed by atoms with Gasteiger partial charge in [0.05, 0.1) is 13.2 Å². The van der Waals surface area contributed by atoms with Crippen molar-refractivity contribution in [3.8, 4) is 11.4 Å². The number of carbonyl (C=O) groups excluding carboxylic acids is 1. The Balaban J connectivity index is 1.22. The van der Waals surface area contributed by atoms with E-state index in [9.17, 15) is 9.90 Å². The summed E-state index contributed by atoms with van der Waals surface area (Å²) in [6.45, 7) is 10.8. The van der Waals surface area contributed by atoms with Gasteiger partial charge in [-0.2, -0.15) is 4.98 Å². The van der Waals surface area contributed by atoms with Crippen molar-refractivity contribution < 1.29 is 19.2 Å². The highest BCUT2D eigenvalue weighted by atomic mass is 16.5. The van der Waals surface area contributed by atoms with Crippen LogP contribution >= 0.6 is 0 Å². The molecule has 218 valence electrons. The molecule has 2 aromatic heterocycles. The first-order valence-corrected chi connectivity index (χ1v) is 14.8. The lowest BCUT2D eigenvalue weighted by Crippen LogP contribution is -2.63. The molecule has 0 bridgehead atoms. The van der Waals surface area contributed by atoms with Crippen molar-refractivity contribution in [3.63, 3.8) is 0 Å². The fourth-order valence-corrected chi connectivity index (χ4v) is 6.78. The van der Waals surface area contributed by atoms with Crippen molar-refractivity contribution in [1.82, 2.24) is 24.9 Å². The molecule has 6 rings (SSSR count). The lowest BCUT2D eigenvalue weighted by molar-refractivity contribution is -0.137. The highest BCUT2D eigenvalue weighted by molar-refractivity contribution is 5.76. The first-order valence-electron chi connectivity index (χ1n) is 14.8. The summed E-state index contributed by atoms with van der Waals surface area (Å²) < 4.78 is 10.9. The van der Waals surface area contributed by atoms with Gasteiger partial charge in [0, 0.05) is 73.4 Å². The van der Waals surface area contributed by atoms with E-state index in [-0.39, 0.29) is 17.2 Å². The monoisotopic (exact) mass is 559 g/mol. The number of piperidine rings is 1. The molecule has 3 aliphatic heterocycles. The summed E-state index contributed by atoms with van der Waals surface area (Å²) in [5.41, 5.74) is 1.90. The second kappa shape index (κ2) is 10.9. The molecule has 1 aromatic carbocycles. The van der Waals surface area contributed by atoms with Gasteiger partial charge in [0.15, 0.2) is 0 Å². The van der Waals surface area contributed by atoms with Gasteiger partial charge in [0.2, 0.25) is 17.6 Å². The zero-order chi connectivity index (χ0) is 28.8. The van der Waals surface area contributed by atoms with Crippen LogP contribution in [-0.2, 0) is 15.1 Å². The van der Waals surface area contributed by atoms with Crippen LogP contribution in [0.1, 0.15) is 74.5 Å². The van der Waals surface area contributed by atoms with Gasteiger partial charge in [-0.3, -0.25) is 9.78 Å². The van der Waals surface area contributed by atoms with Crippen LogP contribution in [0.15, 0.2) is 47.2 Å². The number of hydrogen-bond acceptors (Lipinski definition) is 8. The molecule has 9 nitrogen and oxygen atoms in total. The van der Waals surface area contributed by atoms with E-state index in [1.54, 1.807) is 12.4 Å². The quantitative estimate of drug-likeness (QED) is 0.438. The summed E-state index contributed by atoms with van der Waals surface area (Å²) in [7, 11) is 2.07. The molecule has 0 unspecified atom stereocenters. The van der Waals surface area contributed by atoms with Gasteiger partial charge in [-0.25, -0.2) is 0 Å². The molecule has 9 heteroatoms. The topological polar surface area (TPSA) is 105 Å². The number of amides is 1. The van der Waals surface area contributed by atoms with Crippen LogP contribution in [0.25, 0.3) is 11.4 Å². The molecule has 1 N–H and O–H groups in total. The van der Waals surface area contributed by atoms with E-state index in [0.717, 1.165) is 37.1 Å². The molecule has 0 saturated carbocycles. The van der Waals surface area contributed by atoms with Crippen LogP contribution in [0.3, 0.4) is 0 Å². The largest absolute Gasteiger partial charge is 0.381 e. The van der Waals surface area contributed by atoms with Crippen LogP contribution in [0.5, 0.6) is 0 Å². The van der Waals surface area contributed by atoms with Crippen LogP contribution in [0.4, 0.5) is 0 Å². The van der Waals surface area contributed by atoms with Crippen molar-refractivity contribution in [1.29, 1.82) is 0 Å². The summed E-state index contributed by atoms with van der Waals surface area (Å²) in [6, 6.07) is 10.3. The number of aromatic nitrogens is 3. The standard InChI is InChI=1S/C32H41N5O4/c1-21(2)23-5-7-26(8-6-23)32(39,31(3)19-36(4)20-31)27-14-25(15-33-16-27)29-34-30(41-35-29)24-9-11-37(12-10-24)28(38)13-22-17-40-18-22/h5-8,14-16,21-22,24,39H,9-13,17-20H2,1-4H3/t32-/m0/s1. The second-order valence-corrected chi connectivity index (χ2v) is 12.9. The maximum atomic E-state index is 12.6. The molecule has 3 saturated heterocycles. The Morgan fingerprint density at radius 3 is 2.44 bits per heavy atom. The molecular weight excluding hydrogens is 518 g/mol. The number of benzene rings is 1. The van der Waals surface area contributed by atoms with E-state index >= 15 is 0 Å². The number of aliphatic hydroxyl groups is 1. The fourth-order valence-electron chi connectivity index (χ4n) is 6.78. The minimum absolute atomic E-state index is 0.115. The van der Waals surface area contributed by atoms with Gasteiger partial charge in [-0.15, -0.1) is 0 Å². The van der Waals surface area contributed by atoms with Gasteiger partial charge in [0.25, 0.3) is 0 Å². The maximum absolute atomic E-state index is 12.6. The maximum Gasteiger partial charge on any atom is 0.230 e. The summed E-state index contributed by atoms with van der Waals surface area (Å²) >= 11 is 0. The summed E-state index contributed by atoms with van der Waals surface area (Å²) in [4.78, 5) is 26.0. The molecule has 3 aromatic rings. The van der Waals surface area contributed by atoms with Gasteiger partial charge in [-0.1, -0.05) is 50.2 Å². The number of hydrogen-bond donors (Lipinski definition) is 1. The molecule has 0 spiro atoms. The molecule has 41 heavy (non-hydrogen) atoms. The molecular formula is C32H41N5O4. The normalized spacial score (nSPS) is 21.4. The molecule has 3 fully saturated rings. The number of pyridine rings is 1. The number of ether oxygens (including phenoxy) is 1. The molecule has 0 radical (unpaired) electrons. The predicted octanol–water partition coefficient (Wildman–Crippen LogP) is 4.19. The summed E-state index contributed by atoms with van der Waals surface area (Å²) in [5, 5.41) is 16.8. The van der Waals surface area contributed by atoms with Crippen molar-refractivity contribution in [2.24, 2.45) is 11.3 Å². The predicted molar refractivity (Wildman–Crippen MR) is 154 cm³/mol. The SMILES string of the molecule is CC(C)c1ccc([C@](O)(c2cncc(-c3noc(C4CCN(C(=O)CC5COC5)CC4)n3)c2)C2(C)CN(C)C2)cc1. The summed E-state index contributed by atoms with van der Waals surface area (Å²) in [5.74, 6) is 2.17. The number of likely N-dealkylation sites (tertiary alicyclic amines) is 2. The molecule has 1 amide bonds. The average molecular weight is 560 g/mol. The molecule has 1 atom stereocenters. The van der Waals surface area contributed by atoms with Gasteiger partial charge >= 0.3 is 0 Å². The first-order chi connectivity index (χ1) is 19.7. The smallest absolute Gasteiger partial charge is 0.230 e. The molecule has 5 heterocycles. The Hall–Kier alpha value is -3.14. The van der Waals surface area contributed by atoms with Gasteiger partial charge in [0.1, 0.15) is 5.60 Å². The van der Waals surface area contributed by atoms with E-state index in [1.807, 2.05) is 11.0 Å². The van der Waals surface area contributed by atoms with Crippen LogP contribution in [0, 0.1) is 11.3 Å². The van der Waals surface area contributed by atoms with Crippen molar-refractivity contribution in [2.45, 2.75) is 57.5 Å². The Labute approximate surface area is 241 Å². The first kappa shape index (κ1) is 28.0. The number of nitrogens with zero attached hydrogens (tertiary/aromatic N) is 5. The zero-order valence-corrected chi connectivity index (χ0v) is 24.5. The van der Waals surface area contributed by atoms with Gasteiger partial charge in [-0.05, 0) is 43.0 Å². The third kappa shape index (κ3) is 5.19. The highest BCUT2D eigenvalue weighted by Gasteiger charge is 2.55. The third-order valence-electron chi connectivity index (χ3n) is 9.33. The molecule has 0 aliphatic carbocycles. The van der Waals surface area contributed by atoms with E-state index in [2.05, 4.69) is 67.1 Å². The Bertz CT molecular complexity index is 1370. The van der Waals surface area contributed by atoms with E-state index in [1.165, 1.54) is 5.56 Å². The van der Waals surface area contributed by atoms with E-state index < -0.39 is 5.60 Å². The Morgan fingerprint density at radius 1 is 1.12 bits per heavy atom. The second-order valence-electron chi connectivity index (χ2n) is 12.9. The average Bonchev–Trinajstić information content (AvgIpc) is 3.44. The van der Waals surface area contributed by atoms with Crippen LogP contribution in [0.2, 0.25) is 0 Å². The van der Waals surface area contributed by atoms with Crippen molar-refractivity contribution in [3.05, 3.63) is 65.3 Å². The van der Waals surface area contributed by atoms with Crippen molar-refractivity contribution in [2.75, 3.05) is 46.4 Å². The minimum Gasteiger partial charge on any atom is -0.381 e. The highest BCUT2D eigenvalue weighted by Crippen LogP contribution is 2.50. The Kier molecular flexibility index (Phi) is 7.46. The Morgan fingerprint density at radius 2 is 1.83 bits per heavy atom. The zero-order valence-electron chi connectivity index (χ0n) is 24.5. The fraction of sp³-hybridized carbons (Fsp3) is 0.562. The number of rotatable bonds is 8. The lowest BCUT2D eigenvalue weighted by atomic mass is 9.62. The lowest BCUT2D eigenvalue weighted by Gasteiger charge is -2.55. The van der Waals surface area contributed by atoms with E-state index in [4.69, 9.17) is 14.2 Å². The van der Waals surface area contributed by atoms with Gasteiger partial charge < -0.3 is 24.2 Å². The minimum atomic E-state index is -1.24. The third-order valence-corrected chi connectivity index (χ3v) is 9.33.